The molecule has 1 amide bonds. The summed E-state index contributed by atoms with van der Waals surface area (Å²) in [6, 6.07) is 9.45. The summed E-state index contributed by atoms with van der Waals surface area (Å²) in [6.07, 6.45) is 2.72. The van der Waals surface area contributed by atoms with Gasteiger partial charge in [0, 0.05) is 11.8 Å². The summed E-state index contributed by atoms with van der Waals surface area (Å²) in [5.41, 5.74) is 1.46. The van der Waals surface area contributed by atoms with Gasteiger partial charge in [-0.15, -0.1) is 0 Å². The van der Waals surface area contributed by atoms with Crippen LogP contribution in [-0.4, -0.2) is 32.7 Å². The Balaban J connectivity index is 1.87. The van der Waals surface area contributed by atoms with Gasteiger partial charge in [-0.1, -0.05) is 12.1 Å². The van der Waals surface area contributed by atoms with E-state index < -0.39 is 24.3 Å². The first kappa shape index (κ1) is 20.0. The van der Waals surface area contributed by atoms with Crippen molar-refractivity contribution in [1.82, 2.24) is 0 Å². The van der Waals surface area contributed by atoms with Gasteiger partial charge in [0.05, 0.1) is 14.2 Å². The number of ether oxygens (including phenoxy) is 3. The summed E-state index contributed by atoms with van der Waals surface area (Å²) in [4.78, 5) is 23.5. The van der Waals surface area contributed by atoms with Crippen LogP contribution in [0.3, 0.4) is 0 Å². The first-order valence-corrected chi connectivity index (χ1v) is 8.06. The zero-order valence-corrected chi connectivity index (χ0v) is 15.2. The highest BCUT2D eigenvalue weighted by molar-refractivity contribution is 5.94. The maximum absolute atomic E-state index is 13.4. The van der Waals surface area contributed by atoms with Gasteiger partial charge in [0.15, 0.2) is 18.1 Å². The number of halogens is 1. The predicted octanol–water partition coefficient (Wildman–Crippen LogP) is 3.35. The summed E-state index contributed by atoms with van der Waals surface area (Å²) in [5.74, 6) is -0.581. The summed E-state index contributed by atoms with van der Waals surface area (Å²) >= 11 is 0. The van der Waals surface area contributed by atoms with Crippen molar-refractivity contribution in [2.24, 2.45) is 0 Å². The zero-order chi connectivity index (χ0) is 19.8. The van der Waals surface area contributed by atoms with Gasteiger partial charge in [-0.25, -0.2) is 9.18 Å². The molecule has 142 valence electrons. The monoisotopic (exact) mass is 373 g/mol. The van der Waals surface area contributed by atoms with E-state index >= 15 is 0 Å². The van der Waals surface area contributed by atoms with E-state index in [4.69, 9.17) is 14.2 Å². The van der Waals surface area contributed by atoms with Crippen LogP contribution in [0.25, 0.3) is 6.08 Å². The number of carbonyl (C=O) groups is 2. The van der Waals surface area contributed by atoms with Crippen LogP contribution in [0.5, 0.6) is 11.5 Å². The molecule has 0 saturated carbocycles. The molecule has 0 radical (unpaired) electrons. The Bertz CT molecular complexity index is 863. The number of rotatable bonds is 7. The maximum Gasteiger partial charge on any atom is 0.331 e. The SMILES string of the molecule is COc1ccc(/C=C/C(=O)OCC(=O)Nc2ccc(C)c(F)c2)cc1OC. The molecule has 0 atom stereocenters. The van der Waals surface area contributed by atoms with Gasteiger partial charge in [-0.3, -0.25) is 4.79 Å². The van der Waals surface area contributed by atoms with Gasteiger partial charge < -0.3 is 19.5 Å². The minimum atomic E-state index is -0.685. The van der Waals surface area contributed by atoms with E-state index in [9.17, 15) is 14.0 Å². The molecule has 0 bridgehead atoms. The largest absolute Gasteiger partial charge is 0.493 e. The van der Waals surface area contributed by atoms with E-state index in [-0.39, 0.29) is 0 Å². The van der Waals surface area contributed by atoms with Crippen LogP contribution in [0.1, 0.15) is 11.1 Å². The number of nitrogens with one attached hydrogen (secondary N) is 1. The quantitative estimate of drug-likeness (QED) is 0.595. The normalized spacial score (nSPS) is 10.5. The molecule has 0 saturated heterocycles. The average Bonchev–Trinajstić information content (AvgIpc) is 2.67. The van der Waals surface area contributed by atoms with Crippen LogP contribution in [0, 0.1) is 12.7 Å². The number of anilines is 1. The smallest absolute Gasteiger partial charge is 0.331 e. The molecule has 2 rings (SSSR count). The molecule has 27 heavy (non-hydrogen) atoms. The average molecular weight is 373 g/mol. The van der Waals surface area contributed by atoms with Crippen molar-refractivity contribution >= 4 is 23.6 Å². The number of hydrogen-bond donors (Lipinski definition) is 1. The van der Waals surface area contributed by atoms with Gasteiger partial charge in [0.2, 0.25) is 0 Å². The Morgan fingerprint density at radius 2 is 1.81 bits per heavy atom. The summed E-state index contributed by atoms with van der Waals surface area (Å²) in [5, 5.41) is 2.46. The van der Waals surface area contributed by atoms with Crippen LogP contribution in [0.4, 0.5) is 10.1 Å². The van der Waals surface area contributed by atoms with Crippen molar-refractivity contribution in [3.05, 3.63) is 59.4 Å². The number of amides is 1. The van der Waals surface area contributed by atoms with Crippen LogP contribution in [0.15, 0.2) is 42.5 Å². The summed E-state index contributed by atoms with van der Waals surface area (Å²) in [6.45, 7) is 1.14. The number of carbonyl (C=O) groups excluding carboxylic acids is 2. The minimum Gasteiger partial charge on any atom is -0.493 e. The van der Waals surface area contributed by atoms with Crippen LogP contribution < -0.4 is 14.8 Å². The molecule has 2 aromatic rings. The fourth-order valence-corrected chi connectivity index (χ4v) is 2.17. The lowest BCUT2D eigenvalue weighted by molar-refractivity contribution is -0.142. The topological polar surface area (TPSA) is 73.9 Å². The molecule has 0 aromatic heterocycles. The summed E-state index contributed by atoms with van der Waals surface area (Å²) < 4.78 is 28.6. The molecule has 0 heterocycles. The van der Waals surface area contributed by atoms with Gasteiger partial charge in [0.25, 0.3) is 5.91 Å². The molecular formula is C20H20FNO5. The van der Waals surface area contributed by atoms with E-state index in [0.717, 1.165) is 0 Å². The lowest BCUT2D eigenvalue weighted by Crippen LogP contribution is -2.20. The molecule has 0 spiro atoms. The first-order valence-electron chi connectivity index (χ1n) is 8.06. The van der Waals surface area contributed by atoms with Crippen molar-refractivity contribution in [1.29, 1.82) is 0 Å². The third-order valence-electron chi connectivity index (χ3n) is 3.62. The first-order chi connectivity index (χ1) is 12.9. The molecule has 1 N–H and O–H groups in total. The Hall–Kier alpha value is -3.35. The summed E-state index contributed by atoms with van der Waals surface area (Å²) in [7, 11) is 3.04. The second-order valence-electron chi connectivity index (χ2n) is 5.57. The molecule has 7 heteroatoms. The fourth-order valence-electron chi connectivity index (χ4n) is 2.17. The molecule has 0 aliphatic heterocycles. The highest BCUT2D eigenvalue weighted by atomic mass is 19.1. The molecule has 2 aromatic carbocycles. The third-order valence-corrected chi connectivity index (χ3v) is 3.62. The number of esters is 1. The number of benzene rings is 2. The molecule has 0 unspecified atom stereocenters. The Labute approximate surface area is 156 Å². The zero-order valence-electron chi connectivity index (χ0n) is 15.2. The van der Waals surface area contributed by atoms with Crippen LogP contribution in [0.2, 0.25) is 0 Å². The molecule has 0 fully saturated rings. The van der Waals surface area contributed by atoms with E-state index in [0.29, 0.717) is 28.3 Å². The van der Waals surface area contributed by atoms with E-state index in [1.54, 1.807) is 37.3 Å². The van der Waals surface area contributed by atoms with Crippen molar-refractivity contribution in [3.8, 4) is 11.5 Å². The van der Waals surface area contributed by atoms with E-state index in [2.05, 4.69) is 5.32 Å². The van der Waals surface area contributed by atoms with Crippen molar-refractivity contribution in [2.45, 2.75) is 6.92 Å². The van der Waals surface area contributed by atoms with Gasteiger partial charge in [-0.05, 0) is 48.4 Å². The molecular weight excluding hydrogens is 353 g/mol. The van der Waals surface area contributed by atoms with Gasteiger partial charge in [0.1, 0.15) is 5.82 Å². The van der Waals surface area contributed by atoms with Crippen molar-refractivity contribution in [3.63, 3.8) is 0 Å². The third kappa shape index (κ3) is 5.85. The van der Waals surface area contributed by atoms with E-state index in [1.807, 2.05) is 0 Å². The van der Waals surface area contributed by atoms with Crippen molar-refractivity contribution in [2.75, 3.05) is 26.1 Å². The second kappa shape index (κ2) is 9.38. The Morgan fingerprint density at radius 3 is 2.48 bits per heavy atom. The number of hydrogen-bond acceptors (Lipinski definition) is 5. The predicted molar refractivity (Wildman–Crippen MR) is 99.3 cm³/mol. The number of methoxy groups -OCH3 is 2. The van der Waals surface area contributed by atoms with Crippen LogP contribution in [-0.2, 0) is 14.3 Å². The van der Waals surface area contributed by atoms with Crippen molar-refractivity contribution < 1.29 is 28.2 Å². The standard InChI is InChI=1S/C20H20FNO5/c1-13-4-7-15(11-16(13)21)22-19(23)12-27-20(24)9-6-14-5-8-17(25-2)18(10-14)26-3/h4-11H,12H2,1-3H3,(H,22,23)/b9-6+. The lowest BCUT2D eigenvalue weighted by Gasteiger charge is -2.07. The second-order valence-corrected chi connectivity index (χ2v) is 5.57. The fraction of sp³-hybridized carbons (Fsp3) is 0.200. The maximum atomic E-state index is 13.4. The van der Waals surface area contributed by atoms with Crippen LogP contribution >= 0.6 is 0 Å². The van der Waals surface area contributed by atoms with E-state index in [1.165, 1.54) is 32.4 Å². The Morgan fingerprint density at radius 1 is 1.07 bits per heavy atom. The molecule has 0 aliphatic carbocycles. The molecule has 6 nitrogen and oxygen atoms in total. The highest BCUT2D eigenvalue weighted by Crippen LogP contribution is 2.27. The number of aryl methyl sites for hydroxylation is 1. The lowest BCUT2D eigenvalue weighted by atomic mass is 10.2. The molecule has 0 aliphatic rings. The minimum absolute atomic E-state index is 0.292. The van der Waals surface area contributed by atoms with Gasteiger partial charge >= 0.3 is 5.97 Å². The Kier molecular flexibility index (Phi) is 6.93. The highest BCUT2D eigenvalue weighted by Gasteiger charge is 2.08. The van der Waals surface area contributed by atoms with Gasteiger partial charge in [-0.2, -0.15) is 0 Å².